The van der Waals surface area contributed by atoms with Crippen LogP contribution >= 0.6 is 0 Å². The minimum atomic E-state index is -2.10. The van der Waals surface area contributed by atoms with E-state index in [0.29, 0.717) is 12.1 Å². The largest absolute Gasteiger partial charge is 0.478 e. The summed E-state index contributed by atoms with van der Waals surface area (Å²) >= 11 is 0. The van der Waals surface area contributed by atoms with Crippen molar-refractivity contribution in [3.63, 3.8) is 0 Å². The van der Waals surface area contributed by atoms with Gasteiger partial charge in [-0.05, 0) is 50.5 Å². The highest BCUT2D eigenvalue weighted by Gasteiger charge is 2.29. The van der Waals surface area contributed by atoms with Crippen molar-refractivity contribution < 1.29 is 48.5 Å². The summed E-state index contributed by atoms with van der Waals surface area (Å²) in [6, 6.07) is 12.7. The van der Waals surface area contributed by atoms with Crippen LogP contribution in [0, 0.1) is 0 Å². The van der Waals surface area contributed by atoms with E-state index in [1.807, 2.05) is 13.0 Å². The maximum Gasteiger partial charge on any atom is 0.407 e. The lowest BCUT2D eigenvalue weighted by molar-refractivity contribution is -0.159. The first-order chi connectivity index (χ1) is 22.7. The van der Waals surface area contributed by atoms with Gasteiger partial charge in [-0.3, -0.25) is 14.4 Å². The normalized spacial score (nSPS) is 12.3. The van der Waals surface area contributed by atoms with Crippen LogP contribution in [0.25, 0.3) is 0 Å². The standard InChI is InChI=1S/C34H46N4O10/c1-5-6-10-18-35-29(40)25(21-23-13-15-24(16-14-23)47-28(31(42)43)32(44)45)38-30(41)26(20-22-11-8-7-9-12-22)37-27(39)17-19-36-33(46)48-34(2,3)4/h7-9,11-16,25-26,28H,5-6,10,17-21H2,1-4H3,(H,35,40)(H,36,46)(H,37,39)(H,38,41)(H,42,43)(H,44,45). The monoisotopic (exact) mass is 670 g/mol. The Morgan fingerprint density at radius 3 is 1.88 bits per heavy atom. The number of unbranched alkanes of at least 4 members (excludes halogenated alkanes) is 2. The van der Waals surface area contributed by atoms with Crippen molar-refractivity contribution in [3.8, 4) is 5.75 Å². The van der Waals surface area contributed by atoms with Crippen molar-refractivity contribution in [3.05, 3.63) is 65.7 Å². The zero-order valence-corrected chi connectivity index (χ0v) is 27.7. The molecule has 262 valence electrons. The molecule has 2 atom stereocenters. The number of nitrogens with one attached hydrogen (secondary N) is 4. The Hall–Kier alpha value is -5.14. The first-order valence-electron chi connectivity index (χ1n) is 15.8. The van der Waals surface area contributed by atoms with Gasteiger partial charge in [0.2, 0.25) is 17.7 Å². The lowest BCUT2D eigenvalue weighted by Gasteiger charge is -2.24. The molecule has 0 aliphatic rings. The topological polar surface area (TPSA) is 209 Å². The van der Waals surface area contributed by atoms with E-state index in [2.05, 4.69) is 21.3 Å². The Kier molecular flexibility index (Phi) is 15.9. The Balaban J connectivity index is 2.20. The third-order valence-electron chi connectivity index (χ3n) is 6.73. The maximum absolute atomic E-state index is 13.7. The molecule has 0 heterocycles. The molecule has 2 aromatic rings. The van der Waals surface area contributed by atoms with Crippen LogP contribution < -0.4 is 26.0 Å². The van der Waals surface area contributed by atoms with E-state index in [4.69, 9.17) is 19.7 Å². The second-order valence-electron chi connectivity index (χ2n) is 12.1. The number of benzene rings is 2. The zero-order valence-electron chi connectivity index (χ0n) is 27.7. The van der Waals surface area contributed by atoms with Gasteiger partial charge >= 0.3 is 18.0 Å². The van der Waals surface area contributed by atoms with Crippen molar-refractivity contribution in [2.24, 2.45) is 0 Å². The van der Waals surface area contributed by atoms with E-state index >= 15 is 0 Å². The Morgan fingerprint density at radius 1 is 0.729 bits per heavy atom. The van der Waals surface area contributed by atoms with E-state index in [9.17, 15) is 28.8 Å². The summed E-state index contributed by atoms with van der Waals surface area (Å²) in [6.45, 7) is 7.55. The first-order valence-corrected chi connectivity index (χ1v) is 15.8. The number of aliphatic carboxylic acids is 2. The maximum atomic E-state index is 13.7. The van der Waals surface area contributed by atoms with Gasteiger partial charge in [0.1, 0.15) is 23.4 Å². The second-order valence-corrected chi connectivity index (χ2v) is 12.1. The van der Waals surface area contributed by atoms with Crippen LogP contribution in [-0.4, -0.2) is 82.8 Å². The molecule has 0 aliphatic carbocycles. The quantitative estimate of drug-likeness (QED) is 0.0950. The molecule has 0 spiro atoms. The average Bonchev–Trinajstić information content (AvgIpc) is 3.01. The summed E-state index contributed by atoms with van der Waals surface area (Å²) in [5.41, 5.74) is 0.626. The Morgan fingerprint density at radius 2 is 1.31 bits per heavy atom. The van der Waals surface area contributed by atoms with E-state index in [1.54, 1.807) is 45.0 Å². The van der Waals surface area contributed by atoms with E-state index in [0.717, 1.165) is 24.8 Å². The summed E-state index contributed by atoms with van der Waals surface area (Å²) in [4.78, 5) is 74.2. The molecule has 48 heavy (non-hydrogen) atoms. The van der Waals surface area contributed by atoms with Gasteiger partial charge in [0.25, 0.3) is 6.10 Å². The molecule has 0 fully saturated rings. The Bertz CT molecular complexity index is 1360. The van der Waals surface area contributed by atoms with Crippen LogP contribution in [0.1, 0.15) is 64.5 Å². The van der Waals surface area contributed by atoms with Crippen molar-refractivity contribution in [2.45, 2.75) is 90.0 Å². The molecule has 2 aromatic carbocycles. The minimum absolute atomic E-state index is 0.00931. The number of alkyl carbamates (subject to hydrolysis) is 1. The van der Waals surface area contributed by atoms with Gasteiger partial charge in [0.05, 0.1) is 0 Å². The predicted molar refractivity (Wildman–Crippen MR) is 175 cm³/mol. The second kappa shape index (κ2) is 19.5. The molecule has 0 aliphatic heterocycles. The van der Waals surface area contributed by atoms with Crippen LogP contribution in [0.5, 0.6) is 5.75 Å². The van der Waals surface area contributed by atoms with Crippen molar-refractivity contribution in [1.82, 2.24) is 21.3 Å². The fraction of sp³-hybridized carbons (Fsp3) is 0.471. The highest BCUT2D eigenvalue weighted by Crippen LogP contribution is 2.16. The molecule has 0 bridgehead atoms. The van der Waals surface area contributed by atoms with E-state index in [1.165, 1.54) is 24.3 Å². The molecular formula is C34H46N4O10. The molecule has 6 N–H and O–H groups in total. The predicted octanol–water partition coefficient (Wildman–Crippen LogP) is 2.58. The molecule has 14 nitrogen and oxygen atoms in total. The van der Waals surface area contributed by atoms with Crippen LogP contribution in [0.4, 0.5) is 4.79 Å². The third kappa shape index (κ3) is 15.0. The highest BCUT2D eigenvalue weighted by atomic mass is 16.6. The summed E-state index contributed by atoms with van der Waals surface area (Å²) in [7, 11) is 0. The molecule has 0 radical (unpaired) electrons. The van der Waals surface area contributed by atoms with E-state index in [-0.39, 0.29) is 31.6 Å². The van der Waals surface area contributed by atoms with Crippen molar-refractivity contribution in [2.75, 3.05) is 13.1 Å². The van der Waals surface area contributed by atoms with Gasteiger partial charge in [0, 0.05) is 32.4 Å². The van der Waals surface area contributed by atoms with Gasteiger partial charge in [-0.25, -0.2) is 14.4 Å². The van der Waals surface area contributed by atoms with Crippen LogP contribution in [0.15, 0.2) is 54.6 Å². The summed E-state index contributed by atoms with van der Waals surface area (Å²) < 4.78 is 10.2. The van der Waals surface area contributed by atoms with Gasteiger partial charge in [-0.15, -0.1) is 0 Å². The van der Waals surface area contributed by atoms with Crippen molar-refractivity contribution in [1.29, 1.82) is 0 Å². The van der Waals surface area contributed by atoms with Crippen LogP contribution in [0.2, 0.25) is 0 Å². The number of carboxylic acid groups (broad SMARTS) is 2. The van der Waals surface area contributed by atoms with Gasteiger partial charge in [-0.2, -0.15) is 0 Å². The van der Waals surface area contributed by atoms with Crippen LogP contribution in [-0.2, 0) is 41.6 Å². The van der Waals surface area contributed by atoms with Crippen LogP contribution in [0.3, 0.4) is 0 Å². The minimum Gasteiger partial charge on any atom is -0.478 e. The summed E-state index contributed by atoms with van der Waals surface area (Å²) in [6.07, 6.45) is -0.150. The first kappa shape index (κ1) is 39.0. The highest BCUT2D eigenvalue weighted by molar-refractivity contribution is 5.96. The van der Waals surface area contributed by atoms with Crippen molar-refractivity contribution >= 4 is 35.8 Å². The summed E-state index contributed by atoms with van der Waals surface area (Å²) in [5.74, 6) is -4.88. The number of amides is 4. The number of carboxylic acids is 2. The molecule has 14 heteroatoms. The molecule has 4 amide bonds. The molecule has 0 aromatic heterocycles. The SMILES string of the molecule is CCCCCNC(=O)C(Cc1ccc(OC(C(=O)O)C(=O)O)cc1)NC(=O)C(Cc1ccccc1)NC(=O)CCNC(=O)OC(C)(C)C. The molecular weight excluding hydrogens is 624 g/mol. The smallest absolute Gasteiger partial charge is 0.407 e. The number of ether oxygens (including phenoxy) is 2. The fourth-order valence-electron chi connectivity index (χ4n) is 4.39. The fourth-order valence-corrected chi connectivity index (χ4v) is 4.39. The summed E-state index contributed by atoms with van der Waals surface area (Å²) in [5, 5.41) is 29.0. The molecule has 0 saturated carbocycles. The number of hydrogen-bond acceptors (Lipinski definition) is 8. The lowest BCUT2D eigenvalue weighted by Crippen LogP contribution is -2.55. The Labute approximate surface area is 280 Å². The van der Waals surface area contributed by atoms with E-state index < -0.39 is 59.5 Å². The molecule has 2 rings (SSSR count). The van der Waals surface area contributed by atoms with Gasteiger partial charge in [-0.1, -0.05) is 62.2 Å². The molecule has 2 unspecified atom stereocenters. The number of rotatable bonds is 19. The van der Waals surface area contributed by atoms with Gasteiger partial charge < -0.3 is 41.0 Å². The third-order valence-corrected chi connectivity index (χ3v) is 6.73. The number of carbonyl (C=O) groups is 6. The number of carbonyl (C=O) groups excluding carboxylic acids is 4. The average molecular weight is 671 g/mol. The number of hydrogen-bond donors (Lipinski definition) is 6. The lowest BCUT2D eigenvalue weighted by atomic mass is 10.0. The van der Waals surface area contributed by atoms with Gasteiger partial charge in [0.15, 0.2) is 0 Å². The molecule has 0 saturated heterocycles. The zero-order chi connectivity index (χ0) is 35.7.